The molecule has 0 amide bonds. The quantitative estimate of drug-likeness (QED) is 0.618. The summed E-state index contributed by atoms with van der Waals surface area (Å²) in [7, 11) is 0. The van der Waals surface area contributed by atoms with E-state index in [2.05, 4.69) is 0 Å². The summed E-state index contributed by atoms with van der Waals surface area (Å²) in [4.78, 5) is 9.89. The van der Waals surface area contributed by atoms with Gasteiger partial charge in [-0.2, -0.15) is 4.39 Å². The lowest BCUT2D eigenvalue weighted by Gasteiger charge is -2.04. The number of hydrogen-bond donors (Lipinski definition) is 1. The van der Waals surface area contributed by atoms with E-state index in [9.17, 15) is 14.5 Å². The van der Waals surface area contributed by atoms with Crippen LogP contribution in [0.3, 0.4) is 0 Å². The topological polar surface area (TPSA) is 69.2 Å². The van der Waals surface area contributed by atoms with E-state index < -0.39 is 16.4 Å². The van der Waals surface area contributed by atoms with E-state index in [1.54, 1.807) is 6.07 Å². The van der Waals surface area contributed by atoms with Gasteiger partial charge >= 0.3 is 5.69 Å². The Hall–Kier alpha value is -1.49. The van der Waals surface area contributed by atoms with Crippen LogP contribution in [-0.4, -0.2) is 11.0 Å². The van der Waals surface area contributed by atoms with Crippen molar-refractivity contribution in [1.29, 1.82) is 0 Å². The van der Waals surface area contributed by atoms with Crippen molar-refractivity contribution in [2.24, 2.45) is 11.1 Å². The van der Waals surface area contributed by atoms with E-state index in [0.717, 1.165) is 0 Å². The van der Waals surface area contributed by atoms with Gasteiger partial charge in [-0.05, 0) is 5.41 Å². The smallest absolute Gasteiger partial charge is 0.305 e. The molecule has 86 valence electrons. The molecule has 1 fully saturated rings. The third kappa shape index (κ3) is 1.39. The third-order valence-corrected chi connectivity index (χ3v) is 3.45. The van der Waals surface area contributed by atoms with Crippen LogP contribution in [0.15, 0.2) is 18.2 Å². The Labute approximate surface area is 92.4 Å². The van der Waals surface area contributed by atoms with Crippen molar-refractivity contribution in [3.8, 4) is 0 Å². The number of hydrogen-bond acceptors (Lipinski definition) is 3. The number of benzene rings is 1. The number of rotatable bonds is 2. The Morgan fingerprint density at radius 2 is 2.06 bits per heavy atom. The highest BCUT2D eigenvalue weighted by atomic mass is 19.1. The van der Waals surface area contributed by atoms with Crippen LogP contribution in [0, 0.1) is 21.3 Å². The van der Waals surface area contributed by atoms with Crippen LogP contribution in [0.4, 0.5) is 10.1 Å². The number of nitro groups is 1. The lowest BCUT2D eigenvalue weighted by molar-refractivity contribution is -0.387. The Kier molecular flexibility index (Phi) is 2.24. The van der Waals surface area contributed by atoms with Crippen LogP contribution < -0.4 is 5.73 Å². The molecule has 1 aliphatic carbocycles. The van der Waals surface area contributed by atoms with Crippen molar-refractivity contribution in [3.05, 3.63) is 39.7 Å². The van der Waals surface area contributed by atoms with Crippen molar-refractivity contribution < 1.29 is 9.31 Å². The van der Waals surface area contributed by atoms with Crippen LogP contribution in [0.2, 0.25) is 0 Å². The van der Waals surface area contributed by atoms with E-state index >= 15 is 0 Å². The van der Waals surface area contributed by atoms with Gasteiger partial charge in [0.15, 0.2) is 0 Å². The summed E-state index contributed by atoms with van der Waals surface area (Å²) >= 11 is 0. The number of nitrogens with zero attached hydrogens (tertiary/aromatic N) is 1. The summed E-state index contributed by atoms with van der Waals surface area (Å²) in [5.41, 5.74) is 5.52. The van der Waals surface area contributed by atoms with Crippen LogP contribution in [-0.2, 0) is 0 Å². The second kappa shape index (κ2) is 3.25. The molecule has 0 radical (unpaired) electrons. The zero-order valence-corrected chi connectivity index (χ0v) is 9.11. The maximum atomic E-state index is 13.8. The molecular weight excluding hydrogens is 211 g/mol. The summed E-state index contributed by atoms with van der Waals surface area (Å²) in [5.74, 6) is -0.883. The molecule has 0 heterocycles. The van der Waals surface area contributed by atoms with Gasteiger partial charge in [0.05, 0.1) is 4.92 Å². The fraction of sp³-hybridized carbons (Fsp3) is 0.455. The van der Waals surface area contributed by atoms with Crippen LogP contribution in [0.5, 0.6) is 0 Å². The summed E-state index contributed by atoms with van der Waals surface area (Å²) < 4.78 is 13.8. The Bertz CT molecular complexity index is 459. The first-order chi connectivity index (χ1) is 7.37. The van der Waals surface area contributed by atoms with Crippen molar-refractivity contribution in [1.82, 2.24) is 0 Å². The number of halogens is 1. The zero-order valence-electron chi connectivity index (χ0n) is 9.11. The number of nitrogens with two attached hydrogens (primary N) is 1. The van der Waals surface area contributed by atoms with Gasteiger partial charge in [-0.1, -0.05) is 26.0 Å². The molecule has 0 spiro atoms. The minimum Gasteiger partial charge on any atom is -0.327 e. The first kappa shape index (κ1) is 11.0. The third-order valence-electron chi connectivity index (χ3n) is 3.45. The van der Waals surface area contributed by atoms with Gasteiger partial charge in [0.25, 0.3) is 0 Å². The molecule has 1 aromatic rings. The Morgan fingerprint density at radius 1 is 1.50 bits per heavy atom. The highest BCUT2D eigenvalue weighted by molar-refractivity contribution is 5.43. The van der Waals surface area contributed by atoms with Crippen molar-refractivity contribution in [3.63, 3.8) is 0 Å². The van der Waals surface area contributed by atoms with Crippen molar-refractivity contribution in [2.45, 2.75) is 25.8 Å². The monoisotopic (exact) mass is 224 g/mol. The van der Waals surface area contributed by atoms with Gasteiger partial charge in [-0.25, -0.2) is 0 Å². The highest BCUT2D eigenvalue weighted by Gasteiger charge is 2.57. The summed E-state index contributed by atoms with van der Waals surface area (Å²) in [6.45, 7) is 3.86. The minimum absolute atomic E-state index is 0.132. The van der Waals surface area contributed by atoms with Gasteiger partial charge in [-0.15, -0.1) is 0 Å². The molecule has 0 bridgehead atoms. The standard InChI is InChI=1S/C11H13FN2O2/c1-11(2)8(10(11)13)6-4-3-5-7(9(6)12)14(15)16/h3-5,8,10H,13H2,1-2H3/t8-,10-/m1/s1. The molecule has 2 atom stereocenters. The summed E-state index contributed by atoms with van der Waals surface area (Å²) in [6, 6.07) is 4.10. The zero-order chi connectivity index (χ0) is 12.1. The molecule has 2 N–H and O–H groups in total. The fourth-order valence-electron chi connectivity index (χ4n) is 2.19. The molecule has 0 aliphatic heterocycles. The molecule has 1 aromatic carbocycles. The molecule has 4 nitrogen and oxygen atoms in total. The van der Waals surface area contributed by atoms with E-state index in [-0.39, 0.29) is 17.4 Å². The van der Waals surface area contributed by atoms with Crippen molar-refractivity contribution in [2.75, 3.05) is 0 Å². The predicted octanol–water partition coefficient (Wildman–Crippen LogP) is 2.18. The molecule has 1 aliphatic rings. The fourth-order valence-corrected chi connectivity index (χ4v) is 2.19. The molecule has 16 heavy (non-hydrogen) atoms. The van der Waals surface area contributed by atoms with E-state index in [1.165, 1.54) is 12.1 Å². The molecule has 1 saturated carbocycles. The maximum Gasteiger partial charge on any atom is 0.305 e. The van der Waals surface area contributed by atoms with Crippen LogP contribution >= 0.6 is 0 Å². The van der Waals surface area contributed by atoms with E-state index in [0.29, 0.717) is 5.56 Å². The normalized spacial score (nSPS) is 26.5. The molecule has 0 saturated heterocycles. The summed E-state index contributed by atoms with van der Waals surface area (Å²) in [5, 5.41) is 10.6. The van der Waals surface area contributed by atoms with Gasteiger partial charge in [0.1, 0.15) is 0 Å². The van der Waals surface area contributed by atoms with E-state index in [4.69, 9.17) is 5.73 Å². The molecule has 0 aromatic heterocycles. The first-order valence-corrected chi connectivity index (χ1v) is 5.05. The molecule has 2 rings (SSSR count). The molecule has 5 heteroatoms. The van der Waals surface area contributed by atoms with Gasteiger partial charge in [0.2, 0.25) is 5.82 Å². The van der Waals surface area contributed by atoms with Gasteiger partial charge < -0.3 is 5.73 Å². The van der Waals surface area contributed by atoms with E-state index in [1.807, 2.05) is 13.8 Å². The summed E-state index contributed by atoms with van der Waals surface area (Å²) in [6.07, 6.45) is 0. The largest absolute Gasteiger partial charge is 0.327 e. The van der Waals surface area contributed by atoms with Gasteiger partial charge in [0, 0.05) is 23.6 Å². The maximum absolute atomic E-state index is 13.8. The van der Waals surface area contributed by atoms with Crippen LogP contribution in [0.25, 0.3) is 0 Å². The van der Waals surface area contributed by atoms with Crippen LogP contribution in [0.1, 0.15) is 25.3 Å². The Balaban J connectivity index is 2.45. The lowest BCUT2D eigenvalue weighted by atomic mass is 10.0. The first-order valence-electron chi connectivity index (χ1n) is 5.05. The Morgan fingerprint density at radius 3 is 2.50 bits per heavy atom. The lowest BCUT2D eigenvalue weighted by Crippen LogP contribution is -2.06. The SMILES string of the molecule is CC1(C)[C@H](N)[C@H]1c1cccc([N+](=O)[O-])c1F. The molecule has 0 unspecified atom stereocenters. The van der Waals surface area contributed by atoms with Gasteiger partial charge in [-0.3, -0.25) is 10.1 Å². The average molecular weight is 224 g/mol. The second-order valence-corrected chi connectivity index (χ2v) is 4.76. The highest BCUT2D eigenvalue weighted by Crippen LogP contribution is 2.58. The average Bonchev–Trinajstić information content (AvgIpc) is 2.67. The predicted molar refractivity (Wildman–Crippen MR) is 57.6 cm³/mol. The number of nitro benzene ring substituents is 1. The molecular formula is C11H13FN2O2. The van der Waals surface area contributed by atoms with Crippen molar-refractivity contribution >= 4 is 5.69 Å². The second-order valence-electron chi connectivity index (χ2n) is 4.76. The minimum atomic E-state index is -0.751.